The highest BCUT2D eigenvalue weighted by Gasteiger charge is 2.08. The third-order valence-electron chi connectivity index (χ3n) is 4.06. The zero-order valence-electron chi connectivity index (χ0n) is 14.1. The number of nitrogens with zero attached hydrogens (tertiary/aromatic N) is 2. The number of aromatic nitrogens is 2. The van der Waals surface area contributed by atoms with Gasteiger partial charge in [0, 0.05) is 23.7 Å². The number of nitrogens with two attached hydrogens (primary N) is 1. The molecule has 0 saturated carbocycles. The van der Waals surface area contributed by atoms with E-state index >= 15 is 0 Å². The Bertz CT molecular complexity index is 796. The summed E-state index contributed by atoms with van der Waals surface area (Å²) in [6, 6.07) is 14.7. The third-order valence-corrected chi connectivity index (χ3v) is 4.06. The molecule has 0 unspecified atom stereocenters. The number of pyridine rings is 2. The first-order valence-corrected chi connectivity index (χ1v) is 8.61. The molecule has 124 valence electrons. The molecule has 0 aliphatic heterocycles. The lowest BCUT2D eigenvalue weighted by molar-refractivity contribution is 0.871. The van der Waals surface area contributed by atoms with Crippen LogP contribution in [0, 0.1) is 0 Å². The molecule has 2 heterocycles. The van der Waals surface area contributed by atoms with E-state index in [-0.39, 0.29) is 0 Å². The molecule has 0 spiro atoms. The van der Waals surface area contributed by atoms with E-state index < -0.39 is 0 Å². The maximum absolute atomic E-state index is 5.59. The first kappa shape index (κ1) is 16.4. The normalized spacial score (nSPS) is 10.9. The Balaban J connectivity index is 1.98. The van der Waals surface area contributed by atoms with Gasteiger partial charge in [0.25, 0.3) is 0 Å². The second-order valence-electron chi connectivity index (χ2n) is 5.94. The lowest BCUT2D eigenvalue weighted by Crippen LogP contribution is -2.10. The largest absolute Gasteiger partial charge is 0.369 e. The summed E-state index contributed by atoms with van der Waals surface area (Å²) >= 11 is 0. The highest BCUT2D eigenvalue weighted by molar-refractivity contribution is 5.91. The van der Waals surface area contributed by atoms with Gasteiger partial charge in [0.2, 0.25) is 0 Å². The van der Waals surface area contributed by atoms with E-state index in [1.165, 1.54) is 5.56 Å². The number of aryl methyl sites for hydroxylation is 1. The Morgan fingerprint density at radius 3 is 2.71 bits per heavy atom. The van der Waals surface area contributed by atoms with Crippen molar-refractivity contribution in [3.63, 3.8) is 0 Å². The van der Waals surface area contributed by atoms with Crippen molar-refractivity contribution in [2.24, 2.45) is 5.73 Å². The molecule has 3 rings (SSSR count). The van der Waals surface area contributed by atoms with E-state index in [0.29, 0.717) is 6.54 Å². The number of hydrogen-bond donors (Lipinski definition) is 2. The van der Waals surface area contributed by atoms with Gasteiger partial charge in [-0.25, -0.2) is 4.98 Å². The maximum atomic E-state index is 5.59. The van der Waals surface area contributed by atoms with Crippen molar-refractivity contribution in [1.29, 1.82) is 0 Å². The summed E-state index contributed by atoms with van der Waals surface area (Å²) in [5, 5.41) is 4.44. The Kier molecular flexibility index (Phi) is 5.39. The highest BCUT2D eigenvalue weighted by atomic mass is 15.0. The number of hydrogen-bond acceptors (Lipinski definition) is 4. The summed E-state index contributed by atoms with van der Waals surface area (Å²) in [6.07, 6.45) is 5.01. The number of nitrogens with one attached hydrogen (secondary N) is 1. The topological polar surface area (TPSA) is 63.8 Å². The van der Waals surface area contributed by atoms with Gasteiger partial charge in [0.15, 0.2) is 0 Å². The van der Waals surface area contributed by atoms with Crippen molar-refractivity contribution in [1.82, 2.24) is 9.97 Å². The number of benzene rings is 1. The molecule has 0 aliphatic rings. The van der Waals surface area contributed by atoms with Gasteiger partial charge in [-0.05, 0) is 43.1 Å². The minimum absolute atomic E-state index is 0.668. The van der Waals surface area contributed by atoms with E-state index in [2.05, 4.69) is 47.6 Å². The zero-order valence-corrected chi connectivity index (χ0v) is 14.1. The predicted octanol–water partition coefficient (Wildman–Crippen LogP) is 4.01. The SMILES string of the molecule is CCCc1ccc(-c2cc3ncccc3c(NCCCN)n2)cc1. The van der Waals surface area contributed by atoms with Crippen LogP contribution in [0.25, 0.3) is 22.2 Å². The molecule has 0 aliphatic carbocycles. The van der Waals surface area contributed by atoms with Gasteiger partial charge in [-0.1, -0.05) is 37.6 Å². The summed E-state index contributed by atoms with van der Waals surface area (Å²) in [7, 11) is 0. The fraction of sp³-hybridized carbons (Fsp3) is 0.300. The van der Waals surface area contributed by atoms with E-state index in [4.69, 9.17) is 10.7 Å². The standard InChI is InChI=1S/C20H24N4/c1-2-5-15-7-9-16(10-8-15)18-14-19-17(6-3-12-22-19)20(24-18)23-13-4-11-21/h3,6-10,12,14H,2,4-5,11,13,21H2,1H3,(H,23,24). The van der Waals surface area contributed by atoms with E-state index in [9.17, 15) is 0 Å². The summed E-state index contributed by atoms with van der Waals surface area (Å²) in [6.45, 7) is 3.68. The monoisotopic (exact) mass is 320 g/mol. The van der Waals surface area contributed by atoms with Gasteiger partial charge < -0.3 is 11.1 Å². The Morgan fingerprint density at radius 2 is 1.96 bits per heavy atom. The van der Waals surface area contributed by atoms with Crippen LogP contribution in [0.5, 0.6) is 0 Å². The first-order valence-electron chi connectivity index (χ1n) is 8.61. The minimum atomic E-state index is 0.668. The molecule has 0 amide bonds. The molecular weight excluding hydrogens is 296 g/mol. The number of anilines is 1. The average molecular weight is 320 g/mol. The smallest absolute Gasteiger partial charge is 0.136 e. The van der Waals surface area contributed by atoms with Crippen molar-refractivity contribution >= 4 is 16.7 Å². The molecule has 0 saturated heterocycles. The Labute approximate surface area is 143 Å². The minimum Gasteiger partial charge on any atom is -0.369 e. The van der Waals surface area contributed by atoms with Gasteiger partial charge in [0.05, 0.1) is 11.2 Å². The number of rotatable bonds is 7. The Morgan fingerprint density at radius 1 is 1.12 bits per heavy atom. The molecule has 3 aromatic rings. The van der Waals surface area contributed by atoms with Crippen LogP contribution in [-0.2, 0) is 6.42 Å². The quantitative estimate of drug-likeness (QED) is 0.646. The molecule has 3 N–H and O–H groups in total. The third kappa shape index (κ3) is 3.71. The summed E-state index contributed by atoms with van der Waals surface area (Å²) in [5.41, 5.74) is 9.97. The second kappa shape index (κ2) is 7.88. The van der Waals surface area contributed by atoms with Crippen LogP contribution in [-0.4, -0.2) is 23.1 Å². The summed E-state index contributed by atoms with van der Waals surface area (Å²) in [5.74, 6) is 0.877. The molecule has 4 heteroatoms. The fourth-order valence-corrected chi connectivity index (χ4v) is 2.80. The van der Waals surface area contributed by atoms with E-state index in [1.54, 1.807) is 0 Å². The van der Waals surface area contributed by atoms with Gasteiger partial charge in [-0.15, -0.1) is 0 Å². The lowest BCUT2D eigenvalue weighted by Gasteiger charge is -2.11. The first-order chi connectivity index (χ1) is 11.8. The van der Waals surface area contributed by atoms with Crippen LogP contribution in [0.3, 0.4) is 0 Å². The van der Waals surface area contributed by atoms with Gasteiger partial charge >= 0.3 is 0 Å². The van der Waals surface area contributed by atoms with E-state index in [1.807, 2.05) is 18.3 Å². The van der Waals surface area contributed by atoms with Crippen LogP contribution >= 0.6 is 0 Å². The second-order valence-corrected chi connectivity index (χ2v) is 5.94. The molecule has 24 heavy (non-hydrogen) atoms. The number of fused-ring (bicyclic) bond motifs is 1. The molecule has 0 radical (unpaired) electrons. The molecule has 0 bridgehead atoms. The van der Waals surface area contributed by atoms with Gasteiger partial charge in [-0.2, -0.15) is 0 Å². The van der Waals surface area contributed by atoms with Gasteiger partial charge in [0.1, 0.15) is 5.82 Å². The molecule has 0 atom stereocenters. The Hall–Kier alpha value is -2.46. The van der Waals surface area contributed by atoms with Crippen LogP contribution in [0.2, 0.25) is 0 Å². The van der Waals surface area contributed by atoms with Crippen molar-refractivity contribution in [3.05, 3.63) is 54.2 Å². The van der Waals surface area contributed by atoms with Gasteiger partial charge in [-0.3, -0.25) is 4.98 Å². The lowest BCUT2D eigenvalue weighted by atomic mass is 10.0. The van der Waals surface area contributed by atoms with Crippen molar-refractivity contribution in [2.75, 3.05) is 18.4 Å². The van der Waals surface area contributed by atoms with E-state index in [0.717, 1.165) is 53.8 Å². The summed E-state index contributed by atoms with van der Waals surface area (Å²) < 4.78 is 0. The molecule has 1 aromatic carbocycles. The molecule has 4 nitrogen and oxygen atoms in total. The molecule has 2 aromatic heterocycles. The van der Waals surface area contributed by atoms with Crippen molar-refractivity contribution in [3.8, 4) is 11.3 Å². The highest BCUT2D eigenvalue weighted by Crippen LogP contribution is 2.27. The predicted molar refractivity (Wildman–Crippen MR) is 101 cm³/mol. The fourth-order valence-electron chi connectivity index (χ4n) is 2.80. The maximum Gasteiger partial charge on any atom is 0.136 e. The zero-order chi connectivity index (χ0) is 16.8. The van der Waals surface area contributed by atoms with Crippen LogP contribution in [0.4, 0.5) is 5.82 Å². The van der Waals surface area contributed by atoms with Crippen LogP contribution in [0.15, 0.2) is 48.7 Å². The molecular formula is C20H24N4. The van der Waals surface area contributed by atoms with Crippen molar-refractivity contribution < 1.29 is 0 Å². The van der Waals surface area contributed by atoms with Crippen LogP contribution in [0.1, 0.15) is 25.3 Å². The van der Waals surface area contributed by atoms with Crippen molar-refractivity contribution in [2.45, 2.75) is 26.2 Å². The molecule has 0 fully saturated rings. The average Bonchev–Trinajstić information content (AvgIpc) is 2.62. The summed E-state index contributed by atoms with van der Waals surface area (Å²) in [4.78, 5) is 9.33. The van der Waals surface area contributed by atoms with Crippen LogP contribution < -0.4 is 11.1 Å².